The van der Waals surface area contributed by atoms with Gasteiger partial charge in [0.2, 0.25) is 0 Å². The summed E-state index contributed by atoms with van der Waals surface area (Å²) in [5.41, 5.74) is 0. The van der Waals surface area contributed by atoms with Crippen LogP contribution in [0, 0.1) is 5.92 Å². The molecule has 0 amide bonds. The van der Waals surface area contributed by atoms with Gasteiger partial charge in [0.05, 0.1) is 6.10 Å². The predicted molar refractivity (Wildman–Crippen MR) is 33.0 cm³/mol. The topological polar surface area (TPSA) is 18.5 Å². The monoisotopic (exact) mass is 128 g/mol. The maximum atomic E-state index is 5.49. The third-order valence-electron chi connectivity index (χ3n) is 2.37. The third-order valence-corrected chi connectivity index (χ3v) is 2.37. The van der Waals surface area contributed by atoms with Gasteiger partial charge in [-0.15, -0.1) is 0 Å². The Hall–Kier alpha value is -0.0800. The first kappa shape index (κ1) is 5.69. The Bertz CT molecular complexity index is 113. The minimum atomic E-state index is 0.128. The molecule has 1 aliphatic heterocycles. The Kier molecular flexibility index (Phi) is 1.24. The number of methoxy groups -OCH3 is 1. The summed E-state index contributed by atoms with van der Waals surface area (Å²) in [7, 11) is 1.73. The molecule has 2 nitrogen and oxygen atoms in total. The molecule has 0 aromatic rings. The molecule has 2 rings (SSSR count). The van der Waals surface area contributed by atoms with Gasteiger partial charge in [-0.1, -0.05) is 0 Å². The van der Waals surface area contributed by atoms with E-state index in [2.05, 4.69) is 0 Å². The van der Waals surface area contributed by atoms with E-state index in [4.69, 9.17) is 9.47 Å². The van der Waals surface area contributed by atoms with Crippen molar-refractivity contribution in [2.45, 2.75) is 31.7 Å². The molecule has 3 atom stereocenters. The van der Waals surface area contributed by atoms with Crippen molar-refractivity contribution in [3.05, 3.63) is 0 Å². The molecular formula is C7H12O2. The number of hydrogen-bond acceptors (Lipinski definition) is 2. The molecule has 0 aromatic carbocycles. The zero-order valence-electron chi connectivity index (χ0n) is 5.67. The van der Waals surface area contributed by atoms with E-state index in [1.54, 1.807) is 7.11 Å². The molecule has 0 N–H and O–H groups in total. The summed E-state index contributed by atoms with van der Waals surface area (Å²) < 4.78 is 10.6. The SMILES string of the molecule is COC1OC2CCC1C2. The van der Waals surface area contributed by atoms with E-state index in [1.807, 2.05) is 0 Å². The second-order valence-corrected chi connectivity index (χ2v) is 2.94. The lowest BCUT2D eigenvalue weighted by molar-refractivity contribution is -0.150. The first-order valence-electron chi connectivity index (χ1n) is 3.58. The van der Waals surface area contributed by atoms with Crippen LogP contribution in [0.5, 0.6) is 0 Å². The summed E-state index contributed by atoms with van der Waals surface area (Å²) in [6.45, 7) is 0. The van der Waals surface area contributed by atoms with E-state index >= 15 is 0 Å². The number of rotatable bonds is 1. The van der Waals surface area contributed by atoms with Gasteiger partial charge in [-0.2, -0.15) is 0 Å². The molecule has 2 heteroatoms. The highest BCUT2D eigenvalue weighted by molar-refractivity contribution is 4.84. The molecular weight excluding hydrogens is 116 g/mol. The van der Waals surface area contributed by atoms with Crippen LogP contribution < -0.4 is 0 Å². The van der Waals surface area contributed by atoms with Crippen LogP contribution in [-0.2, 0) is 9.47 Å². The summed E-state index contributed by atoms with van der Waals surface area (Å²) in [6.07, 6.45) is 4.45. The van der Waals surface area contributed by atoms with Crippen LogP contribution in [0.25, 0.3) is 0 Å². The highest BCUT2D eigenvalue weighted by Crippen LogP contribution is 2.39. The van der Waals surface area contributed by atoms with Gasteiger partial charge < -0.3 is 9.47 Å². The molecule has 9 heavy (non-hydrogen) atoms. The van der Waals surface area contributed by atoms with Gasteiger partial charge in [-0.05, 0) is 19.3 Å². The lowest BCUT2D eigenvalue weighted by atomic mass is 10.1. The normalized spacial score (nSPS) is 48.3. The van der Waals surface area contributed by atoms with Crippen LogP contribution in [0.4, 0.5) is 0 Å². The van der Waals surface area contributed by atoms with E-state index in [0.29, 0.717) is 12.0 Å². The van der Waals surface area contributed by atoms with Crippen molar-refractivity contribution in [2.75, 3.05) is 7.11 Å². The Morgan fingerprint density at radius 3 is 2.67 bits per heavy atom. The predicted octanol–water partition coefficient (Wildman–Crippen LogP) is 1.16. The second-order valence-electron chi connectivity index (χ2n) is 2.94. The van der Waals surface area contributed by atoms with Crippen molar-refractivity contribution >= 4 is 0 Å². The van der Waals surface area contributed by atoms with Gasteiger partial charge in [0.1, 0.15) is 0 Å². The van der Waals surface area contributed by atoms with Gasteiger partial charge >= 0.3 is 0 Å². The lowest BCUT2D eigenvalue weighted by Crippen LogP contribution is -2.22. The molecule has 1 aliphatic carbocycles. The van der Waals surface area contributed by atoms with E-state index in [9.17, 15) is 0 Å². The van der Waals surface area contributed by atoms with Crippen LogP contribution in [-0.4, -0.2) is 19.5 Å². The Morgan fingerprint density at radius 1 is 1.44 bits per heavy atom. The molecule has 0 aromatic heterocycles. The largest absolute Gasteiger partial charge is 0.356 e. The van der Waals surface area contributed by atoms with Crippen molar-refractivity contribution in [1.29, 1.82) is 0 Å². The molecule has 0 radical (unpaired) electrons. The maximum absolute atomic E-state index is 5.49. The van der Waals surface area contributed by atoms with Crippen molar-refractivity contribution in [1.82, 2.24) is 0 Å². The summed E-state index contributed by atoms with van der Waals surface area (Å²) >= 11 is 0. The zero-order chi connectivity index (χ0) is 6.27. The molecule has 1 saturated carbocycles. The fraction of sp³-hybridized carbons (Fsp3) is 1.00. The Morgan fingerprint density at radius 2 is 2.33 bits per heavy atom. The molecule has 1 heterocycles. The van der Waals surface area contributed by atoms with E-state index in [1.165, 1.54) is 19.3 Å². The molecule has 2 aliphatic rings. The van der Waals surface area contributed by atoms with E-state index in [-0.39, 0.29) is 6.29 Å². The van der Waals surface area contributed by atoms with Gasteiger partial charge in [0.15, 0.2) is 6.29 Å². The standard InChI is InChI=1S/C7H12O2/c1-8-7-5-2-3-6(4-5)9-7/h5-7H,2-4H2,1H3. The van der Waals surface area contributed by atoms with Crippen LogP contribution in [0.3, 0.4) is 0 Å². The van der Waals surface area contributed by atoms with Crippen molar-refractivity contribution in [2.24, 2.45) is 5.92 Å². The number of hydrogen-bond donors (Lipinski definition) is 0. The van der Waals surface area contributed by atoms with Crippen LogP contribution in [0.1, 0.15) is 19.3 Å². The van der Waals surface area contributed by atoms with E-state index in [0.717, 1.165) is 0 Å². The van der Waals surface area contributed by atoms with Crippen molar-refractivity contribution < 1.29 is 9.47 Å². The third kappa shape index (κ3) is 0.775. The summed E-state index contributed by atoms with van der Waals surface area (Å²) in [4.78, 5) is 0. The fourth-order valence-electron chi connectivity index (χ4n) is 1.89. The number of ether oxygens (including phenoxy) is 2. The van der Waals surface area contributed by atoms with Gasteiger partial charge in [-0.25, -0.2) is 0 Å². The highest BCUT2D eigenvalue weighted by Gasteiger charge is 2.40. The summed E-state index contributed by atoms with van der Waals surface area (Å²) in [5, 5.41) is 0. The molecule has 2 fully saturated rings. The lowest BCUT2D eigenvalue weighted by Gasteiger charge is -2.19. The Balaban J connectivity index is 2.01. The van der Waals surface area contributed by atoms with E-state index < -0.39 is 0 Å². The zero-order valence-corrected chi connectivity index (χ0v) is 5.67. The highest BCUT2D eigenvalue weighted by atomic mass is 16.7. The van der Waals surface area contributed by atoms with Crippen LogP contribution in [0.15, 0.2) is 0 Å². The minimum absolute atomic E-state index is 0.128. The summed E-state index contributed by atoms with van der Waals surface area (Å²) in [6, 6.07) is 0. The number of fused-ring (bicyclic) bond motifs is 2. The molecule has 52 valence electrons. The minimum Gasteiger partial charge on any atom is -0.356 e. The molecule has 3 unspecified atom stereocenters. The fourth-order valence-corrected chi connectivity index (χ4v) is 1.89. The average molecular weight is 128 g/mol. The van der Waals surface area contributed by atoms with Crippen molar-refractivity contribution in [3.63, 3.8) is 0 Å². The average Bonchev–Trinajstić information content (AvgIpc) is 2.45. The van der Waals surface area contributed by atoms with Crippen LogP contribution in [0.2, 0.25) is 0 Å². The smallest absolute Gasteiger partial charge is 0.160 e. The molecule has 2 bridgehead atoms. The van der Waals surface area contributed by atoms with Gasteiger partial charge in [-0.3, -0.25) is 0 Å². The molecule has 0 spiro atoms. The molecule has 1 saturated heterocycles. The Labute approximate surface area is 55.1 Å². The first-order chi connectivity index (χ1) is 4.40. The first-order valence-corrected chi connectivity index (χ1v) is 3.58. The summed E-state index contributed by atoms with van der Waals surface area (Å²) in [5.74, 6) is 0.708. The van der Waals surface area contributed by atoms with Crippen molar-refractivity contribution in [3.8, 4) is 0 Å². The second kappa shape index (κ2) is 1.96. The quantitative estimate of drug-likeness (QED) is 0.527. The van der Waals surface area contributed by atoms with Gasteiger partial charge in [0, 0.05) is 13.0 Å². The van der Waals surface area contributed by atoms with Crippen LogP contribution >= 0.6 is 0 Å². The van der Waals surface area contributed by atoms with Gasteiger partial charge in [0.25, 0.3) is 0 Å². The maximum Gasteiger partial charge on any atom is 0.160 e.